The second kappa shape index (κ2) is 13.1. The van der Waals surface area contributed by atoms with Gasteiger partial charge in [0, 0.05) is 15.6 Å². The van der Waals surface area contributed by atoms with Gasteiger partial charge in [-0.05, 0) is 70.9 Å². The highest BCUT2D eigenvalue weighted by Gasteiger charge is 2.35. The molecule has 0 aromatic heterocycles. The number of para-hydroxylation sites is 2. The highest BCUT2D eigenvalue weighted by atomic mass is 79.9. The van der Waals surface area contributed by atoms with Crippen LogP contribution in [0, 0.1) is 0 Å². The van der Waals surface area contributed by atoms with Gasteiger partial charge in [-0.25, -0.2) is 9.69 Å². The predicted octanol–water partition coefficient (Wildman–Crippen LogP) is 6.27. The van der Waals surface area contributed by atoms with Crippen molar-refractivity contribution in [3.05, 3.63) is 85.9 Å². The lowest BCUT2D eigenvalue weighted by Gasteiger charge is -2.15. The van der Waals surface area contributed by atoms with E-state index in [1.165, 1.54) is 13.2 Å². The van der Waals surface area contributed by atoms with Gasteiger partial charge in [-0.1, -0.05) is 41.4 Å². The van der Waals surface area contributed by atoms with Crippen molar-refractivity contribution in [1.29, 1.82) is 0 Å². The Morgan fingerprint density at radius 2 is 1.85 bits per heavy atom. The number of nitrogens with zero attached hydrogens (tertiary/aromatic N) is 1. The van der Waals surface area contributed by atoms with Gasteiger partial charge in [-0.3, -0.25) is 9.59 Å². The second-order valence-corrected chi connectivity index (χ2v) is 10.1. The van der Waals surface area contributed by atoms with Gasteiger partial charge in [-0.2, -0.15) is 0 Å². The van der Waals surface area contributed by atoms with Crippen LogP contribution in [0.4, 0.5) is 10.5 Å². The van der Waals surface area contributed by atoms with Crippen molar-refractivity contribution in [2.45, 2.75) is 13.5 Å². The SMILES string of the molecule is CCOc1cc(/C=C2/NC(=O)N(CC(=O)Nc3ccccc3OC)C2=O)cc(Br)c1OCc1ccc(Cl)cc1Cl. The molecule has 2 N–H and O–H groups in total. The van der Waals surface area contributed by atoms with Crippen LogP contribution in [-0.4, -0.2) is 43.0 Å². The summed E-state index contributed by atoms with van der Waals surface area (Å²) in [4.78, 5) is 38.9. The predicted molar refractivity (Wildman–Crippen MR) is 156 cm³/mol. The maximum Gasteiger partial charge on any atom is 0.329 e. The number of benzene rings is 3. The molecule has 3 aromatic rings. The summed E-state index contributed by atoms with van der Waals surface area (Å²) in [6, 6.07) is 14.6. The minimum atomic E-state index is -0.713. The molecule has 0 saturated carbocycles. The molecule has 1 heterocycles. The van der Waals surface area contributed by atoms with E-state index in [1.807, 2.05) is 6.92 Å². The maximum atomic E-state index is 13.0. The molecule has 0 unspecified atom stereocenters. The van der Waals surface area contributed by atoms with Crippen molar-refractivity contribution < 1.29 is 28.6 Å². The summed E-state index contributed by atoms with van der Waals surface area (Å²) >= 11 is 15.7. The van der Waals surface area contributed by atoms with Gasteiger partial charge in [0.15, 0.2) is 11.5 Å². The van der Waals surface area contributed by atoms with Gasteiger partial charge < -0.3 is 24.8 Å². The number of urea groups is 1. The molecule has 4 rings (SSSR count). The van der Waals surface area contributed by atoms with E-state index in [-0.39, 0.29) is 12.3 Å². The molecular formula is C28H24BrCl2N3O6. The van der Waals surface area contributed by atoms with Crippen molar-refractivity contribution in [2.24, 2.45) is 0 Å². The summed E-state index contributed by atoms with van der Waals surface area (Å²) in [7, 11) is 1.47. The highest BCUT2D eigenvalue weighted by molar-refractivity contribution is 9.10. The lowest BCUT2D eigenvalue weighted by Crippen LogP contribution is -2.38. The number of hydrogen-bond donors (Lipinski definition) is 2. The number of amides is 4. The Labute approximate surface area is 249 Å². The van der Waals surface area contributed by atoms with E-state index in [9.17, 15) is 14.4 Å². The highest BCUT2D eigenvalue weighted by Crippen LogP contribution is 2.38. The molecule has 0 aliphatic carbocycles. The normalized spacial score (nSPS) is 13.8. The van der Waals surface area contributed by atoms with E-state index in [0.717, 1.165) is 10.5 Å². The number of rotatable bonds is 10. The molecule has 4 amide bonds. The van der Waals surface area contributed by atoms with Gasteiger partial charge in [-0.15, -0.1) is 0 Å². The van der Waals surface area contributed by atoms with Crippen molar-refractivity contribution in [3.63, 3.8) is 0 Å². The molecule has 3 aromatic carbocycles. The minimum Gasteiger partial charge on any atom is -0.495 e. The quantitative estimate of drug-likeness (QED) is 0.198. The van der Waals surface area contributed by atoms with Gasteiger partial charge >= 0.3 is 6.03 Å². The van der Waals surface area contributed by atoms with Crippen LogP contribution in [0.3, 0.4) is 0 Å². The number of methoxy groups -OCH3 is 1. The molecule has 40 heavy (non-hydrogen) atoms. The summed E-state index contributed by atoms with van der Waals surface area (Å²) in [5.41, 5.74) is 1.72. The Bertz CT molecular complexity index is 1500. The topological polar surface area (TPSA) is 106 Å². The van der Waals surface area contributed by atoms with E-state index >= 15 is 0 Å². The molecule has 0 spiro atoms. The van der Waals surface area contributed by atoms with Crippen LogP contribution >= 0.6 is 39.1 Å². The molecule has 1 fully saturated rings. The number of nitrogens with one attached hydrogen (secondary N) is 2. The Morgan fingerprint density at radius 3 is 2.58 bits per heavy atom. The summed E-state index contributed by atoms with van der Waals surface area (Å²) in [5.74, 6) is 0.1000. The van der Waals surface area contributed by atoms with E-state index in [4.69, 9.17) is 37.4 Å². The first-order chi connectivity index (χ1) is 19.2. The number of carbonyl (C=O) groups excluding carboxylic acids is 3. The largest absolute Gasteiger partial charge is 0.495 e. The van der Waals surface area contributed by atoms with Crippen molar-refractivity contribution in [1.82, 2.24) is 10.2 Å². The molecule has 1 saturated heterocycles. The first-order valence-corrected chi connectivity index (χ1v) is 13.6. The molecule has 208 valence electrons. The summed E-state index contributed by atoms with van der Waals surface area (Å²) < 4.78 is 17.5. The third kappa shape index (κ3) is 6.88. The first kappa shape index (κ1) is 29.3. The molecule has 12 heteroatoms. The number of carbonyl (C=O) groups is 3. The standard InChI is InChI=1S/C28H24BrCl2N3O6/c1-3-39-24-12-16(10-19(29)26(24)40-15-17-8-9-18(30)13-20(17)31)11-22-27(36)34(28(37)33-22)14-25(35)32-21-6-4-5-7-23(21)38-2/h4-13H,3,14-15H2,1-2H3,(H,32,35)(H,33,37)/b22-11+. The van der Waals surface area contributed by atoms with Crippen LogP contribution in [0.5, 0.6) is 17.2 Å². The first-order valence-electron chi connectivity index (χ1n) is 12.0. The minimum absolute atomic E-state index is 0.00561. The third-order valence-corrected chi connectivity index (χ3v) is 6.85. The van der Waals surface area contributed by atoms with Crippen molar-refractivity contribution in [3.8, 4) is 17.2 Å². The number of ether oxygens (including phenoxy) is 3. The fourth-order valence-electron chi connectivity index (χ4n) is 3.83. The Hall–Kier alpha value is -3.73. The number of imide groups is 1. The Kier molecular flexibility index (Phi) is 9.57. The molecule has 0 radical (unpaired) electrons. The number of halogens is 3. The van der Waals surface area contributed by atoms with E-state index in [1.54, 1.807) is 54.6 Å². The second-order valence-electron chi connectivity index (χ2n) is 8.42. The van der Waals surface area contributed by atoms with Gasteiger partial charge in [0.2, 0.25) is 5.91 Å². The number of anilines is 1. The van der Waals surface area contributed by atoms with Crippen LogP contribution in [0.2, 0.25) is 10.0 Å². The molecular weight excluding hydrogens is 625 g/mol. The Balaban J connectivity index is 1.50. The monoisotopic (exact) mass is 647 g/mol. The zero-order chi connectivity index (χ0) is 28.8. The lowest BCUT2D eigenvalue weighted by atomic mass is 10.1. The smallest absolute Gasteiger partial charge is 0.329 e. The van der Waals surface area contributed by atoms with Crippen molar-refractivity contribution in [2.75, 3.05) is 25.6 Å². The van der Waals surface area contributed by atoms with Crippen LogP contribution in [-0.2, 0) is 16.2 Å². The molecule has 9 nitrogen and oxygen atoms in total. The molecule has 1 aliphatic rings. The van der Waals surface area contributed by atoms with Crippen LogP contribution in [0.15, 0.2) is 64.8 Å². The van der Waals surface area contributed by atoms with Crippen LogP contribution in [0.1, 0.15) is 18.1 Å². The van der Waals surface area contributed by atoms with Gasteiger partial charge in [0.05, 0.1) is 23.9 Å². The lowest BCUT2D eigenvalue weighted by molar-refractivity contribution is -0.127. The zero-order valence-corrected chi connectivity index (χ0v) is 24.5. The fourth-order valence-corrected chi connectivity index (χ4v) is 4.86. The van der Waals surface area contributed by atoms with Crippen LogP contribution in [0.25, 0.3) is 6.08 Å². The fraction of sp³-hybridized carbons (Fsp3) is 0.179. The third-order valence-electron chi connectivity index (χ3n) is 5.67. The summed E-state index contributed by atoms with van der Waals surface area (Å²) in [6.07, 6.45) is 1.49. The van der Waals surface area contributed by atoms with E-state index in [2.05, 4.69) is 26.6 Å². The zero-order valence-electron chi connectivity index (χ0n) is 21.4. The Morgan fingerprint density at radius 1 is 1.07 bits per heavy atom. The average Bonchev–Trinajstić information content (AvgIpc) is 3.16. The summed E-state index contributed by atoms with van der Waals surface area (Å²) in [6.45, 7) is 1.87. The van der Waals surface area contributed by atoms with Crippen molar-refractivity contribution >= 4 is 68.7 Å². The summed E-state index contributed by atoms with van der Waals surface area (Å²) in [5, 5.41) is 6.16. The maximum absolute atomic E-state index is 13.0. The molecule has 0 bridgehead atoms. The molecule has 1 aliphatic heterocycles. The molecule has 0 atom stereocenters. The van der Waals surface area contributed by atoms with Gasteiger partial charge in [0.1, 0.15) is 24.6 Å². The van der Waals surface area contributed by atoms with Crippen LogP contribution < -0.4 is 24.8 Å². The van der Waals surface area contributed by atoms with Gasteiger partial charge in [0.25, 0.3) is 5.91 Å². The van der Waals surface area contributed by atoms with E-state index < -0.39 is 24.4 Å². The number of hydrogen-bond acceptors (Lipinski definition) is 6. The average molecular weight is 649 g/mol. The van der Waals surface area contributed by atoms with E-state index in [0.29, 0.717) is 49.6 Å².